The van der Waals surface area contributed by atoms with Crippen LogP contribution in [0.3, 0.4) is 0 Å². The first-order valence-electron chi connectivity index (χ1n) is 4.30. The van der Waals surface area contributed by atoms with Gasteiger partial charge in [-0.3, -0.25) is 4.79 Å². The predicted octanol–water partition coefficient (Wildman–Crippen LogP) is 1.71. The molecule has 0 unspecified atom stereocenters. The zero-order valence-electron chi connectivity index (χ0n) is 8.64. The van der Waals surface area contributed by atoms with Gasteiger partial charge in [-0.1, -0.05) is 0 Å². The van der Waals surface area contributed by atoms with Crippen molar-refractivity contribution >= 4 is 17.6 Å². The predicted molar refractivity (Wildman–Crippen MR) is 52.0 cm³/mol. The van der Waals surface area contributed by atoms with E-state index >= 15 is 0 Å². The lowest BCUT2D eigenvalue weighted by molar-refractivity contribution is -0.114. The minimum absolute atomic E-state index is 0.395. The molecule has 0 spiro atoms. The van der Waals surface area contributed by atoms with Gasteiger partial charge in [0.1, 0.15) is 11.4 Å². The minimum atomic E-state index is -1.02. The number of methoxy groups -OCH3 is 1. The Balaban J connectivity index is 3.25. The highest BCUT2D eigenvalue weighted by atomic mass is 19.1. The van der Waals surface area contributed by atoms with Crippen LogP contribution >= 0.6 is 0 Å². The number of benzene rings is 1. The number of anilines is 1. The van der Waals surface area contributed by atoms with Crippen LogP contribution in [0.25, 0.3) is 0 Å². The van der Waals surface area contributed by atoms with Crippen molar-refractivity contribution in [1.29, 1.82) is 0 Å². The van der Waals surface area contributed by atoms with Gasteiger partial charge in [0.2, 0.25) is 5.91 Å². The zero-order chi connectivity index (χ0) is 12.3. The number of hydrogen-bond acceptors (Lipinski definition) is 3. The quantitative estimate of drug-likeness (QED) is 0.785. The first-order valence-corrected chi connectivity index (χ1v) is 4.30. The highest BCUT2D eigenvalue weighted by molar-refractivity contribution is 5.94. The summed E-state index contributed by atoms with van der Waals surface area (Å²) in [6, 6.07) is 1.48. The van der Waals surface area contributed by atoms with E-state index in [0.29, 0.717) is 6.07 Å². The van der Waals surface area contributed by atoms with Gasteiger partial charge >= 0.3 is 5.97 Å². The van der Waals surface area contributed by atoms with Gasteiger partial charge < -0.3 is 10.1 Å². The zero-order valence-corrected chi connectivity index (χ0v) is 8.64. The molecule has 1 rings (SSSR count). The molecule has 1 N–H and O–H groups in total. The van der Waals surface area contributed by atoms with Crippen molar-refractivity contribution in [2.24, 2.45) is 0 Å². The Morgan fingerprint density at radius 3 is 2.44 bits per heavy atom. The summed E-state index contributed by atoms with van der Waals surface area (Å²) in [7, 11) is 1.05. The summed E-state index contributed by atoms with van der Waals surface area (Å²) in [6.45, 7) is 1.14. The molecular weight excluding hydrogens is 220 g/mol. The lowest BCUT2D eigenvalue weighted by Crippen LogP contribution is -2.12. The van der Waals surface area contributed by atoms with Crippen molar-refractivity contribution in [3.05, 3.63) is 29.3 Å². The van der Waals surface area contributed by atoms with Gasteiger partial charge in [-0.05, 0) is 6.07 Å². The summed E-state index contributed by atoms with van der Waals surface area (Å²) >= 11 is 0. The molecule has 0 aromatic heterocycles. The summed E-state index contributed by atoms with van der Waals surface area (Å²) < 4.78 is 30.9. The number of carbonyl (C=O) groups excluding carboxylic acids is 2. The molecule has 86 valence electrons. The molecule has 0 radical (unpaired) electrons. The van der Waals surface area contributed by atoms with Gasteiger partial charge in [0, 0.05) is 13.0 Å². The first kappa shape index (κ1) is 12.1. The van der Waals surface area contributed by atoms with E-state index in [9.17, 15) is 18.4 Å². The van der Waals surface area contributed by atoms with E-state index in [2.05, 4.69) is 10.1 Å². The third kappa shape index (κ3) is 2.53. The monoisotopic (exact) mass is 229 g/mol. The number of rotatable bonds is 2. The Morgan fingerprint density at radius 2 is 1.94 bits per heavy atom. The van der Waals surface area contributed by atoms with E-state index in [1.165, 1.54) is 0 Å². The average molecular weight is 229 g/mol. The van der Waals surface area contributed by atoms with E-state index in [-0.39, 0.29) is 0 Å². The van der Waals surface area contributed by atoms with Crippen LogP contribution in [0.5, 0.6) is 0 Å². The summed E-state index contributed by atoms with van der Waals surface area (Å²) in [4.78, 5) is 21.8. The van der Waals surface area contributed by atoms with Crippen LogP contribution in [0.1, 0.15) is 17.3 Å². The summed E-state index contributed by atoms with van der Waals surface area (Å²) in [6.07, 6.45) is 0. The van der Waals surface area contributed by atoms with Crippen molar-refractivity contribution in [3.63, 3.8) is 0 Å². The number of esters is 1. The summed E-state index contributed by atoms with van der Waals surface area (Å²) in [5.41, 5.74) is -0.959. The highest BCUT2D eigenvalue weighted by Crippen LogP contribution is 2.21. The number of amides is 1. The van der Waals surface area contributed by atoms with Crippen LogP contribution in [-0.2, 0) is 9.53 Å². The van der Waals surface area contributed by atoms with E-state index in [1.54, 1.807) is 0 Å². The third-order valence-electron chi connectivity index (χ3n) is 1.75. The van der Waals surface area contributed by atoms with Crippen molar-refractivity contribution in [2.75, 3.05) is 12.4 Å². The van der Waals surface area contributed by atoms with Gasteiger partial charge in [0.25, 0.3) is 0 Å². The molecule has 0 saturated heterocycles. The van der Waals surface area contributed by atoms with Crippen LogP contribution in [-0.4, -0.2) is 19.0 Å². The van der Waals surface area contributed by atoms with Gasteiger partial charge in [0.15, 0.2) is 5.82 Å². The summed E-state index contributed by atoms with van der Waals surface area (Å²) in [5.74, 6) is -3.45. The van der Waals surface area contributed by atoms with E-state index < -0.39 is 34.8 Å². The fourth-order valence-electron chi connectivity index (χ4n) is 1.13. The molecule has 0 aliphatic carbocycles. The molecule has 0 atom stereocenters. The van der Waals surface area contributed by atoms with Crippen molar-refractivity contribution < 1.29 is 23.1 Å². The van der Waals surface area contributed by atoms with Crippen molar-refractivity contribution in [2.45, 2.75) is 6.92 Å². The molecule has 0 aliphatic heterocycles. The Hall–Kier alpha value is -1.98. The third-order valence-corrected chi connectivity index (χ3v) is 1.75. The van der Waals surface area contributed by atoms with E-state index in [4.69, 9.17) is 0 Å². The number of halogens is 2. The van der Waals surface area contributed by atoms with Crippen molar-refractivity contribution in [1.82, 2.24) is 0 Å². The van der Waals surface area contributed by atoms with Gasteiger partial charge in [0.05, 0.1) is 12.8 Å². The molecule has 0 bridgehead atoms. The van der Waals surface area contributed by atoms with Crippen LogP contribution in [0.4, 0.5) is 14.5 Å². The fourth-order valence-corrected chi connectivity index (χ4v) is 1.13. The topological polar surface area (TPSA) is 55.4 Å². The van der Waals surface area contributed by atoms with E-state index in [1.807, 2.05) is 0 Å². The second kappa shape index (κ2) is 4.69. The SMILES string of the molecule is COC(=O)c1cc(F)cc(NC(C)=O)c1F. The van der Waals surface area contributed by atoms with Crippen LogP contribution < -0.4 is 5.32 Å². The lowest BCUT2D eigenvalue weighted by Gasteiger charge is -2.07. The molecule has 0 aliphatic rings. The number of hydrogen-bond donors (Lipinski definition) is 1. The second-order valence-electron chi connectivity index (χ2n) is 2.99. The average Bonchev–Trinajstić information content (AvgIpc) is 2.21. The maximum absolute atomic E-state index is 13.6. The minimum Gasteiger partial charge on any atom is -0.465 e. The maximum atomic E-state index is 13.6. The molecule has 1 aromatic carbocycles. The number of carbonyl (C=O) groups is 2. The van der Waals surface area contributed by atoms with E-state index in [0.717, 1.165) is 20.1 Å². The Labute approximate surface area is 90.2 Å². The Bertz CT molecular complexity index is 446. The molecule has 16 heavy (non-hydrogen) atoms. The molecular formula is C10H9F2NO3. The van der Waals surface area contributed by atoms with Gasteiger partial charge in [-0.2, -0.15) is 0 Å². The Kier molecular flexibility index (Phi) is 3.55. The number of nitrogens with one attached hydrogen (secondary N) is 1. The number of ether oxygens (including phenoxy) is 1. The summed E-state index contributed by atoms with van der Waals surface area (Å²) in [5, 5.41) is 2.07. The lowest BCUT2D eigenvalue weighted by atomic mass is 10.1. The van der Waals surface area contributed by atoms with Crippen molar-refractivity contribution in [3.8, 4) is 0 Å². The smallest absolute Gasteiger partial charge is 0.341 e. The molecule has 6 heteroatoms. The molecule has 0 heterocycles. The van der Waals surface area contributed by atoms with Gasteiger partial charge in [-0.15, -0.1) is 0 Å². The van der Waals surface area contributed by atoms with Crippen LogP contribution in [0.15, 0.2) is 12.1 Å². The largest absolute Gasteiger partial charge is 0.465 e. The molecule has 4 nitrogen and oxygen atoms in total. The van der Waals surface area contributed by atoms with Crippen LogP contribution in [0.2, 0.25) is 0 Å². The normalized spacial score (nSPS) is 9.75. The first-order chi connectivity index (χ1) is 7.45. The molecule has 0 saturated carbocycles. The maximum Gasteiger partial charge on any atom is 0.341 e. The standard InChI is InChI=1S/C10H9F2NO3/c1-5(14)13-8-4-6(11)3-7(9(8)12)10(15)16-2/h3-4H,1-2H3,(H,13,14). The van der Waals surface area contributed by atoms with Crippen LogP contribution in [0, 0.1) is 11.6 Å². The molecule has 1 aromatic rings. The highest BCUT2D eigenvalue weighted by Gasteiger charge is 2.18. The molecule has 1 amide bonds. The Morgan fingerprint density at radius 1 is 1.31 bits per heavy atom. The second-order valence-corrected chi connectivity index (χ2v) is 2.99. The fraction of sp³-hybridized carbons (Fsp3) is 0.200. The van der Waals surface area contributed by atoms with Gasteiger partial charge in [-0.25, -0.2) is 13.6 Å². The molecule has 0 fully saturated rings.